The van der Waals surface area contributed by atoms with Crippen LogP contribution in [0.5, 0.6) is 5.88 Å². The minimum atomic E-state index is -0.413. The Balaban J connectivity index is 1.65. The Bertz CT molecular complexity index is 973. The lowest BCUT2D eigenvalue weighted by atomic mass is 10.1. The molecule has 3 heterocycles. The summed E-state index contributed by atoms with van der Waals surface area (Å²) in [5, 5.41) is 12.9. The molecule has 2 aromatic heterocycles. The van der Waals surface area contributed by atoms with Gasteiger partial charge in [0.25, 0.3) is 0 Å². The molecule has 1 aromatic carbocycles. The monoisotopic (exact) mass is 471 g/mol. The Morgan fingerprint density at radius 2 is 2.10 bits per heavy atom. The van der Waals surface area contributed by atoms with Crippen molar-refractivity contribution in [2.75, 3.05) is 11.1 Å². The SMILES string of the molecule is CCCCCCSc1nnc2c(n1)O[C@@H](c1cccnc1)Nc1ccc(Br)cc1-2. The zero-order valence-corrected chi connectivity index (χ0v) is 18.5. The topological polar surface area (TPSA) is 72.8 Å². The van der Waals surface area contributed by atoms with Crippen molar-refractivity contribution in [1.29, 1.82) is 0 Å². The number of fused-ring (bicyclic) bond motifs is 3. The van der Waals surface area contributed by atoms with Crippen molar-refractivity contribution in [3.63, 3.8) is 0 Å². The highest BCUT2D eigenvalue weighted by atomic mass is 79.9. The van der Waals surface area contributed by atoms with E-state index in [1.54, 1.807) is 24.2 Å². The van der Waals surface area contributed by atoms with Gasteiger partial charge in [0.2, 0.25) is 11.0 Å². The molecule has 8 heteroatoms. The van der Waals surface area contributed by atoms with Crippen LogP contribution in [0.3, 0.4) is 0 Å². The van der Waals surface area contributed by atoms with Crippen LogP contribution in [0.15, 0.2) is 52.4 Å². The third-order valence-electron chi connectivity index (χ3n) is 4.60. The van der Waals surface area contributed by atoms with Crippen LogP contribution < -0.4 is 10.1 Å². The van der Waals surface area contributed by atoms with Crippen LogP contribution in [-0.4, -0.2) is 25.9 Å². The van der Waals surface area contributed by atoms with Gasteiger partial charge in [-0.3, -0.25) is 4.98 Å². The Morgan fingerprint density at radius 1 is 1.17 bits per heavy atom. The van der Waals surface area contributed by atoms with Gasteiger partial charge in [0.15, 0.2) is 11.9 Å². The molecule has 0 bridgehead atoms. The highest BCUT2D eigenvalue weighted by molar-refractivity contribution is 9.10. The Morgan fingerprint density at radius 3 is 2.93 bits per heavy atom. The van der Waals surface area contributed by atoms with E-state index in [1.165, 1.54) is 19.3 Å². The number of pyridine rings is 1. The molecule has 6 nitrogen and oxygen atoms in total. The number of halogens is 1. The summed E-state index contributed by atoms with van der Waals surface area (Å²) in [6.07, 6.45) is 7.99. The molecule has 0 fully saturated rings. The molecule has 1 N–H and O–H groups in total. The molecular weight excluding hydrogens is 450 g/mol. The molecule has 0 amide bonds. The third kappa shape index (κ3) is 4.87. The van der Waals surface area contributed by atoms with Gasteiger partial charge in [-0.15, -0.1) is 10.2 Å². The molecule has 1 aliphatic rings. The first-order chi connectivity index (χ1) is 14.2. The van der Waals surface area contributed by atoms with Gasteiger partial charge in [-0.1, -0.05) is 59.9 Å². The maximum atomic E-state index is 6.26. The summed E-state index contributed by atoms with van der Waals surface area (Å²) in [6.45, 7) is 2.22. The fraction of sp³-hybridized carbons (Fsp3) is 0.333. The lowest BCUT2D eigenvalue weighted by Crippen LogP contribution is -2.17. The minimum Gasteiger partial charge on any atom is -0.448 e. The fourth-order valence-electron chi connectivity index (χ4n) is 3.11. The van der Waals surface area contributed by atoms with Gasteiger partial charge in [0, 0.05) is 39.4 Å². The highest BCUT2D eigenvalue weighted by Crippen LogP contribution is 2.40. The number of aromatic nitrogens is 4. The van der Waals surface area contributed by atoms with Crippen molar-refractivity contribution in [3.8, 4) is 17.1 Å². The third-order valence-corrected chi connectivity index (χ3v) is 6.02. The molecule has 1 aliphatic heterocycles. The standard InChI is InChI=1S/C21H22BrN5OS/c1-2-3-4-5-11-29-21-25-20-18(26-27-21)16-12-15(22)8-9-17(16)24-19(28-20)14-7-6-10-23-13-14/h6-10,12-13,19,24H,2-5,11H2,1H3/t19-/m0/s1. The van der Waals surface area contributed by atoms with E-state index < -0.39 is 6.23 Å². The largest absolute Gasteiger partial charge is 0.448 e. The lowest BCUT2D eigenvalue weighted by molar-refractivity contribution is 0.225. The minimum absolute atomic E-state index is 0.413. The summed E-state index contributed by atoms with van der Waals surface area (Å²) in [6, 6.07) is 9.86. The van der Waals surface area contributed by atoms with Crippen LogP contribution >= 0.6 is 27.7 Å². The number of hydrogen-bond donors (Lipinski definition) is 1. The Hall–Kier alpha value is -2.19. The average Bonchev–Trinajstić information content (AvgIpc) is 2.90. The number of ether oxygens (including phenoxy) is 1. The predicted octanol–water partition coefficient (Wildman–Crippen LogP) is 5.87. The quantitative estimate of drug-likeness (QED) is 0.341. The number of unbranched alkanes of at least 4 members (excludes halogenated alkanes) is 3. The summed E-state index contributed by atoms with van der Waals surface area (Å²) in [7, 11) is 0. The first-order valence-electron chi connectivity index (χ1n) is 9.75. The van der Waals surface area contributed by atoms with E-state index in [4.69, 9.17) is 4.74 Å². The summed E-state index contributed by atoms with van der Waals surface area (Å²) in [4.78, 5) is 8.91. The van der Waals surface area contributed by atoms with Gasteiger partial charge in [0.1, 0.15) is 0 Å². The van der Waals surface area contributed by atoms with Gasteiger partial charge in [-0.05, 0) is 30.7 Å². The van der Waals surface area contributed by atoms with Crippen LogP contribution in [0.4, 0.5) is 5.69 Å². The van der Waals surface area contributed by atoms with E-state index in [-0.39, 0.29) is 0 Å². The number of nitrogens with one attached hydrogen (secondary N) is 1. The molecule has 0 radical (unpaired) electrons. The summed E-state index contributed by atoms with van der Waals surface area (Å²) in [5.41, 5.74) is 3.37. The molecule has 0 spiro atoms. The van der Waals surface area contributed by atoms with Crippen LogP contribution in [0, 0.1) is 0 Å². The molecule has 3 aromatic rings. The van der Waals surface area contributed by atoms with Crippen LogP contribution in [-0.2, 0) is 0 Å². The smallest absolute Gasteiger partial charge is 0.247 e. The highest BCUT2D eigenvalue weighted by Gasteiger charge is 2.26. The second-order valence-corrected chi connectivity index (χ2v) is 8.75. The van der Waals surface area contributed by atoms with Crippen molar-refractivity contribution in [1.82, 2.24) is 20.2 Å². The maximum Gasteiger partial charge on any atom is 0.247 e. The first kappa shape index (κ1) is 20.1. The maximum absolute atomic E-state index is 6.26. The van der Waals surface area contributed by atoms with Crippen molar-refractivity contribution >= 4 is 33.4 Å². The van der Waals surface area contributed by atoms with Crippen molar-refractivity contribution < 1.29 is 4.74 Å². The summed E-state index contributed by atoms with van der Waals surface area (Å²) >= 11 is 5.17. The van der Waals surface area contributed by atoms with Gasteiger partial charge < -0.3 is 10.1 Å². The zero-order chi connectivity index (χ0) is 20.1. The van der Waals surface area contributed by atoms with Crippen LogP contribution in [0.2, 0.25) is 0 Å². The van der Waals surface area contributed by atoms with Gasteiger partial charge in [-0.25, -0.2) is 0 Å². The molecule has 0 saturated carbocycles. The van der Waals surface area contributed by atoms with Gasteiger partial charge in [-0.2, -0.15) is 4.98 Å². The normalized spacial score (nSPS) is 14.9. The average molecular weight is 472 g/mol. The molecule has 0 saturated heterocycles. The molecule has 0 unspecified atom stereocenters. The van der Waals surface area contributed by atoms with Crippen molar-refractivity contribution in [3.05, 3.63) is 52.8 Å². The van der Waals surface area contributed by atoms with Crippen molar-refractivity contribution in [2.24, 2.45) is 0 Å². The molecule has 0 aliphatic carbocycles. The number of anilines is 1. The first-order valence-corrected chi connectivity index (χ1v) is 11.5. The molecular formula is C21H22BrN5OS. The predicted molar refractivity (Wildman–Crippen MR) is 119 cm³/mol. The van der Waals surface area contributed by atoms with Gasteiger partial charge >= 0.3 is 0 Å². The number of rotatable bonds is 7. The van der Waals surface area contributed by atoms with E-state index >= 15 is 0 Å². The summed E-state index contributed by atoms with van der Waals surface area (Å²) < 4.78 is 7.22. The van der Waals surface area contributed by atoms with E-state index in [0.717, 1.165) is 33.5 Å². The number of nitrogens with zero attached hydrogens (tertiary/aromatic N) is 4. The van der Waals surface area contributed by atoms with E-state index in [1.807, 2.05) is 30.3 Å². The molecule has 29 heavy (non-hydrogen) atoms. The number of benzene rings is 1. The zero-order valence-electron chi connectivity index (χ0n) is 16.1. The Labute approximate surface area is 183 Å². The summed E-state index contributed by atoms with van der Waals surface area (Å²) in [5.74, 6) is 1.46. The van der Waals surface area contributed by atoms with Crippen LogP contribution in [0.25, 0.3) is 11.3 Å². The fourth-order valence-corrected chi connectivity index (χ4v) is 4.24. The van der Waals surface area contributed by atoms with E-state index in [0.29, 0.717) is 16.7 Å². The second kappa shape index (κ2) is 9.54. The van der Waals surface area contributed by atoms with E-state index in [9.17, 15) is 0 Å². The molecule has 150 valence electrons. The van der Waals surface area contributed by atoms with Crippen molar-refractivity contribution in [2.45, 2.75) is 44.0 Å². The molecule has 1 atom stereocenters. The van der Waals surface area contributed by atoms with Gasteiger partial charge in [0.05, 0.1) is 0 Å². The lowest BCUT2D eigenvalue weighted by Gasteiger charge is -2.18. The van der Waals surface area contributed by atoms with E-state index in [2.05, 4.69) is 48.3 Å². The number of hydrogen-bond acceptors (Lipinski definition) is 7. The second-order valence-electron chi connectivity index (χ2n) is 6.78. The molecule has 4 rings (SSSR count). The van der Waals surface area contributed by atoms with Crippen LogP contribution in [0.1, 0.15) is 44.4 Å². The number of thioether (sulfide) groups is 1. The Kier molecular flexibility index (Phi) is 6.61.